The van der Waals surface area contributed by atoms with Crippen LogP contribution in [0.4, 0.5) is 0 Å². The highest BCUT2D eigenvalue weighted by Gasteiger charge is 2.32. The third kappa shape index (κ3) is 3.93. The van der Waals surface area contributed by atoms with E-state index in [0.29, 0.717) is 6.54 Å². The molecule has 1 unspecified atom stereocenters. The van der Waals surface area contributed by atoms with E-state index < -0.39 is 21.2 Å². The van der Waals surface area contributed by atoms with E-state index in [1.807, 2.05) is 6.92 Å². The summed E-state index contributed by atoms with van der Waals surface area (Å²) in [6.45, 7) is 5.23. The van der Waals surface area contributed by atoms with Crippen LogP contribution < -0.4 is 10.0 Å². The molecule has 7 heteroatoms. The van der Waals surface area contributed by atoms with Gasteiger partial charge in [0.15, 0.2) is 5.25 Å². The minimum atomic E-state index is -3.77. The van der Waals surface area contributed by atoms with E-state index in [0.717, 1.165) is 25.9 Å². The number of sulfonamides is 1. The molecule has 0 aromatic carbocycles. The van der Waals surface area contributed by atoms with Gasteiger partial charge in [-0.25, -0.2) is 13.1 Å². The minimum absolute atomic E-state index is 0.0868. The highest BCUT2D eigenvalue weighted by molar-refractivity contribution is 7.90. The Labute approximate surface area is 102 Å². The zero-order valence-electron chi connectivity index (χ0n) is 10.2. The number of aliphatic carboxylic acids is 1. The maximum atomic E-state index is 11.6. The van der Waals surface area contributed by atoms with E-state index in [1.165, 1.54) is 6.92 Å². The third-order valence-electron chi connectivity index (χ3n) is 3.32. The van der Waals surface area contributed by atoms with Crippen LogP contribution in [0.25, 0.3) is 0 Å². The molecule has 1 saturated heterocycles. The van der Waals surface area contributed by atoms with Crippen molar-refractivity contribution in [2.24, 2.45) is 5.41 Å². The van der Waals surface area contributed by atoms with Crippen molar-refractivity contribution in [1.29, 1.82) is 0 Å². The second-order valence-corrected chi connectivity index (χ2v) is 6.99. The van der Waals surface area contributed by atoms with Gasteiger partial charge in [0.2, 0.25) is 10.0 Å². The average Bonchev–Trinajstić information content (AvgIpc) is 2.27. The molecule has 0 spiro atoms. The number of nitrogens with one attached hydrogen (secondary N) is 2. The molecular formula is C10H20N2O4S. The smallest absolute Gasteiger partial charge is 0.323 e. The van der Waals surface area contributed by atoms with E-state index in [9.17, 15) is 13.2 Å². The molecule has 0 bridgehead atoms. The van der Waals surface area contributed by atoms with Gasteiger partial charge in [0.25, 0.3) is 0 Å². The summed E-state index contributed by atoms with van der Waals surface area (Å²) in [6, 6.07) is 0. The van der Waals surface area contributed by atoms with Gasteiger partial charge in [-0.3, -0.25) is 4.79 Å². The molecule has 0 radical (unpaired) electrons. The van der Waals surface area contributed by atoms with Crippen LogP contribution >= 0.6 is 0 Å². The van der Waals surface area contributed by atoms with Crippen LogP contribution in [-0.4, -0.2) is 44.4 Å². The van der Waals surface area contributed by atoms with E-state index in [4.69, 9.17) is 5.11 Å². The Bertz CT molecular complexity index is 374. The lowest BCUT2D eigenvalue weighted by atomic mass is 9.81. The summed E-state index contributed by atoms with van der Waals surface area (Å²) in [6.07, 6.45) is 1.77. The van der Waals surface area contributed by atoms with Crippen LogP contribution in [0.5, 0.6) is 0 Å². The number of hydrogen-bond donors (Lipinski definition) is 3. The summed E-state index contributed by atoms with van der Waals surface area (Å²) in [4.78, 5) is 10.6. The number of carboxylic acids is 1. The van der Waals surface area contributed by atoms with E-state index in [-0.39, 0.29) is 5.41 Å². The topological polar surface area (TPSA) is 95.5 Å². The largest absolute Gasteiger partial charge is 0.480 e. The van der Waals surface area contributed by atoms with Crippen molar-refractivity contribution < 1.29 is 18.3 Å². The number of piperidine rings is 1. The lowest BCUT2D eigenvalue weighted by molar-refractivity contribution is -0.136. The molecule has 0 aromatic heterocycles. The van der Waals surface area contributed by atoms with Gasteiger partial charge in [-0.2, -0.15) is 0 Å². The minimum Gasteiger partial charge on any atom is -0.480 e. The molecule has 1 heterocycles. The molecule has 0 saturated carbocycles. The Morgan fingerprint density at radius 1 is 1.47 bits per heavy atom. The van der Waals surface area contributed by atoms with Crippen LogP contribution in [0.3, 0.4) is 0 Å². The number of hydrogen-bond acceptors (Lipinski definition) is 4. The van der Waals surface area contributed by atoms with Crippen molar-refractivity contribution in [3.05, 3.63) is 0 Å². The molecule has 1 rings (SSSR count). The van der Waals surface area contributed by atoms with Crippen LogP contribution in [-0.2, 0) is 14.8 Å². The van der Waals surface area contributed by atoms with Gasteiger partial charge in [0.05, 0.1) is 0 Å². The Hall–Kier alpha value is -0.660. The summed E-state index contributed by atoms with van der Waals surface area (Å²) in [5.41, 5.74) is -0.0868. The normalized spacial score (nSPS) is 22.0. The first kappa shape index (κ1) is 14.4. The van der Waals surface area contributed by atoms with Gasteiger partial charge in [0, 0.05) is 6.54 Å². The molecule has 0 aromatic rings. The van der Waals surface area contributed by atoms with Crippen molar-refractivity contribution in [2.75, 3.05) is 19.6 Å². The number of carboxylic acid groups (broad SMARTS) is 1. The van der Waals surface area contributed by atoms with Crippen molar-refractivity contribution in [3.8, 4) is 0 Å². The molecule has 100 valence electrons. The van der Waals surface area contributed by atoms with Crippen LogP contribution in [0.1, 0.15) is 26.7 Å². The van der Waals surface area contributed by atoms with E-state index >= 15 is 0 Å². The van der Waals surface area contributed by atoms with Gasteiger partial charge in [-0.05, 0) is 38.3 Å². The van der Waals surface area contributed by atoms with Crippen molar-refractivity contribution in [1.82, 2.24) is 10.0 Å². The molecule has 1 atom stereocenters. The molecule has 0 aliphatic carbocycles. The van der Waals surface area contributed by atoms with E-state index in [1.54, 1.807) is 0 Å². The highest BCUT2D eigenvalue weighted by atomic mass is 32.2. The second-order valence-electron chi connectivity index (χ2n) is 4.91. The Morgan fingerprint density at radius 2 is 2.00 bits per heavy atom. The summed E-state index contributed by atoms with van der Waals surface area (Å²) >= 11 is 0. The van der Waals surface area contributed by atoms with Crippen molar-refractivity contribution >= 4 is 16.0 Å². The molecule has 1 aliphatic rings. The number of carbonyl (C=O) groups is 1. The predicted octanol–water partition coefficient (Wildman–Crippen LogP) is -0.231. The summed E-state index contributed by atoms with van der Waals surface area (Å²) in [7, 11) is -3.77. The van der Waals surface area contributed by atoms with Crippen LogP contribution in [0.15, 0.2) is 0 Å². The first-order valence-corrected chi connectivity index (χ1v) is 7.23. The van der Waals surface area contributed by atoms with Gasteiger partial charge in [-0.1, -0.05) is 6.92 Å². The summed E-state index contributed by atoms with van der Waals surface area (Å²) in [5.74, 6) is -1.33. The average molecular weight is 264 g/mol. The van der Waals surface area contributed by atoms with Crippen molar-refractivity contribution in [3.63, 3.8) is 0 Å². The van der Waals surface area contributed by atoms with Gasteiger partial charge >= 0.3 is 5.97 Å². The maximum absolute atomic E-state index is 11.6. The SMILES string of the molecule is CC(C(=O)O)S(=O)(=O)NCC1(C)CCNCC1. The Balaban J connectivity index is 2.57. The lowest BCUT2D eigenvalue weighted by Crippen LogP contribution is -2.46. The summed E-state index contributed by atoms with van der Waals surface area (Å²) in [5, 5.41) is 10.5. The zero-order chi connectivity index (χ0) is 13.1. The van der Waals surface area contributed by atoms with Crippen LogP contribution in [0.2, 0.25) is 0 Å². The lowest BCUT2D eigenvalue weighted by Gasteiger charge is -2.34. The standard InChI is InChI=1S/C10H20N2O4S/c1-8(9(13)14)17(15,16)12-7-10(2)3-5-11-6-4-10/h8,11-12H,3-7H2,1-2H3,(H,13,14). The number of rotatable bonds is 5. The highest BCUT2D eigenvalue weighted by Crippen LogP contribution is 2.27. The second kappa shape index (κ2) is 5.32. The van der Waals surface area contributed by atoms with Crippen molar-refractivity contribution in [2.45, 2.75) is 31.9 Å². The fourth-order valence-corrected chi connectivity index (χ4v) is 2.80. The molecule has 0 amide bonds. The molecule has 3 N–H and O–H groups in total. The molecular weight excluding hydrogens is 244 g/mol. The monoisotopic (exact) mass is 264 g/mol. The van der Waals surface area contributed by atoms with Crippen LogP contribution in [0, 0.1) is 5.41 Å². The molecule has 6 nitrogen and oxygen atoms in total. The summed E-state index contributed by atoms with van der Waals surface area (Å²) < 4.78 is 25.7. The first-order valence-electron chi connectivity index (χ1n) is 5.69. The zero-order valence-corrected chi connectivity index (χ0v) is 11.0. The Kier molecular flexibility index (Phi) is 4.51. The fraction of sp³-hybridized carbons (Fsp3) is 0.900. The molecule has 17 heavy (non-hydrogen) atoms. The molecule has 1 fully saturated rings. The predicted molar refractivity (Wildman–Crippen MR) is 64.2 cm³/mol. The third-order valence-corrected chi connectivity index (χ3v) is 5.00. The van der Waals surface area contributed by atoms with Gasteiger partial charge < -0.3 is 10.4 Å². The van der Waals surface area contributed by atoms with Gasteiger partial charge in [-0.15, -0.1) is 0 Å². The van der Waals surface area contributed by atoms with Gasteiger partial charge in [0.1, 0.15) is 0 Å². The first-order chi connectivity index (χ1) is 7.77. The maximum Gasteiger partial charge on any atom is 0.323 e. The Morgan fingerprint density at radius 3 is 2.47 bits per heavy atom. The molecule has 1 aliphatic heterocycles. The fourth-order valence-electron chi connectivity index (χ4n) is 1.74. The van der Waals surface area contributed by atoms with E-state index in [2.05, 4.69) is 10.0 Å². The quantitative estimate of drug-likeness (QED) is 0.637.